The molecule has 0 bridgehead atoms. The fraction of sp³-hybridized carbons (Fsp3) is 0.222. The highest BCUT2D eigenvalue weighted by Crippen LogP contribution is 2.12. The van der Waals surface area contributed by atoms with Gasteiger partial charge in [-0.1, -0.05) is 18.2 Å². The first kappa shape index (κ1) is 17.3. The number of likely N-dealkylation sites (N-methyl/N-ethyl adjacent to an activating group) is 1. The van der Waals surface area contributed by atoms with Crippen molar-refractivity contribution in [3.05, 3.63) is 60.2 Å². The summed E-state index contributed by atoms with van der Waals surface area (Å²) in [6.45, 7) is 2.59. The van der Waals surface area contributed by atoms with Gasteiger partial charge in [-0.2, -0.15) is 0 Å². The predicted molar refractivity (Wildman–Crippen MR) is 92.9 cm³/mol. The van der Waals surface area contributed by atoms with Gasteiger partial charge >= 0.3 is 0 Å². The molecule has 0 atom stereocenters. The molecule has 0 aliphatic rings. The van der Waals surface area contributed by atoms with E-state index in [-0.39, 0.29) is 18.4 Å². The number of ether oxygens (including phenoxy) is 1. The lowest BCUT2D eigenvalue weighted by atomic mass is 10.2. The summed E-state index contributed by atoms with van der Waals surface area (Å²) in [5.74, 6) is 0.0111. The highest BCUT2D eigenvalue weighted by Gasteiger charge is 2.10. The Bertz CT molecular complexity index is 672. The molecule has 2 N–H and O–H groups in total. The molecular weight excluding hydrogens is 306 g/mol. The number of amides is 2. The third kappa shape index (κ3) is 5.01. The minimum Gasteiger partial charge on any atom is -0.494 e. The smallest absolute Gasteiger partial charge is 0.269 e. The molecule has 2 rings (SSSR count). The molecule has 0 saturated carbocycles. The molecule has 24 heavy (non-hydrogen) atoms. The monoisotopic (exact) mass is 327 g/mol. The first-order valence-corrected chi connectivity index (χ1v) is 7.68. The largest absolute Gasteiger partial charge is 0.494 e. The van der Waals surface area contributed by atoms with Crippen LogP contribution in [0.1, 0.15) is 17.3 Å². The van der Waals surface area contributed by atoms with E-state index in [4.69, 9.17) is 4.74 Å². The van der Waals surface area contributed by atoms with Gasteiger partial charge in [-0.15, -0.1) is 0 Å². The fourth-order valence-corrected chi connectivity index (χ4v) is 2.10. The zero-order valence-corrected chi connectivity index (χ0v) is 13.8. The Morgan fingerprint density at radius 1 is 1.00 bits per heavy atom. The van der Waals surface area contributed by atoms with Gasteiger partial charge in [-0.25, -0.2) is 0 Å². The van der Waals surface area contributed by atoms with Gasteiger partial charge in [0.25, 0.3) is 11.8 Å². The van der Waals surface area contributed by atoms with Crippen LogP contribution in [0.3, 0.4) is 0 Å². The second-order valence-electron chi connectivity index (χ2n) is 5.15. The van der Waals surface area contributed by atoms with Gasteiger partial charge in [-0.3, -0.25) is 20.4 Å². The Kier molecular flexibility index (Phi) is 6.19. The number of hydrogen-bond acceptors (Lipinski definition) is 4. The van der Waals surface area contributed by atoms with Crippen molar-refractivity contribution in [1.82, 2.24) is 10.9 Å². The van der Waals surface area contributed by atoms with Crippen molar-refractivity contribution in [2.75, 3.05) is 25.1 Å². The van der Waals surface area contributed by atoms with E-state index in [9.17, 15) is 9.59 Å². The van der Waals surface area contributed by atoms with Crippen LogP contribution in [-0.4, -0.2) is 32.0 Å². The van der Waals surface area contributed by atoms with Crippen LogP contribution in [-0.2, 0) is 4.79 Å². The maximum Gasteiger partial charge on any atom is 0.269 e. The summed E-state index contributed by atoms with van der Waals surface area (Å²) in [4.78, 5) is 25.7. The molecule has 0 aliphatic carbocycles. The van der Waals surface area contributed by atoms with Gasteiger partial charge in [0.2, 0.25) is 0 Å². The molecule has 2 aromatic rings. The molecule has 126 valence electrons. The average molecular weight is 327 g/mol. The molecule has 0 radical (unpaired) electrons. The maximum absolute atomic E-state index is 12.0. The molecular formula is C18H21N3O3. The maximum atomic E-state index is 12.0. The number of benzene rings is 2. The molecule has 2 aromatic carbocycles. The van der Waals surface area contributed by atoms with Gasteiger partial charge in [0.05, 0.1) is 13.2 Å². The number of carbonyl (C=O) groups is 2. The van der Waals surface area contributed by atoms with Crippen molar-refractivity contribution < 1.29 is 14.3 Å². The second kappa shape index (κ2) is 8.57. The van der Waals surface area contributed by atoms with Crippen molar-refractivity contribution in [1.29, 1.82) is 0 Å². The van der Waals surface area contributed by atoms with Crippen LogP contribution in [0, 0.1) is 0 Å². The summed E-state index contributed by atoms with van der Waals surface area (Å²) in [6, 6.07) is 16.2. The lowest BCUT2D eigenvalue weighted by molar-refractivity contribution is -0.120. The summed E-state index contributed by atoms with van der Waals surface area (Å²) >= 11 is 0. The molecule has 0 spiro atoms. The van der Waals surface area contributed by atoms with Gasteiger partial charge in [0, 0.05) is 18.3 Å². The number of para-hydroxylation sites is 1. The van der Waals surface area contributed by atoms with Gasteiger partial charge in [-0.05, 0) is 43.3 Å². The van der Waals surface area contributed by atoms with E-state index in [2.05, 4.69) is 10.9 Å². The molecule has 0 unspecified atom stereocenters. The standard InChI is InChI=1S/C18H21N3O3/c1-3-24-16-11-9-14(10-12-16)18(23)20-19-17(22)13-21(2)15-7-5-4-6-8-15/h4-12H,3,13H2,1-2H3,(H,19,22)(H,20,23). The molecule has 0 saturated heterocycles. The number of rotatable bonds is 6. The summed E-state index contributed by atoms with van der Waals surface area (Å²) < 4.78 is 5.32. The van der Waals surface area contributed by atoms with E-state index in [1.807, 2.05) is 44.3 Å². The van der Waals surface area contributed by atoms with E-state index in [1.54, 1.807) is 29.2 Å². The van der Waals surface area contributed by atoms with Gasteiger partial charge in [0.15, 0.2) is 0 Å². The number of hydrazine groups is 1. The Morgan fingerprint density at radius 2 is 1.67 bits per heavy atom. The van der Waals surface area contributed by atoms with Crippen LogP contribution in [0.4, 0.5) is 5.69 Å². The van der Waals surface area contributed by atoms with Crippen LogP contribution >= 0.6 is 0 Å². The van der Waals surface area contributed by atoms with Gasteiger partial charge < -0.3 is 9.64 Å². The number of nitrogens with zero attached hydrogens (tertiary/aromatic N) is 1. The number of nitrogens with one attached hydrogen (secondary N) is 2. The minimum atomic E-state index is -0.381. The quantitative estimate of drug-likeness (QED) is 0.796. The Balaban J connectivity index is 1.81. The van der Waals surface area contributed by atoms with Crippen LogP contribution < -0.4 is 20.5 Å². The second-order valence-corrected chi connectivity index (χ2v) is 5.15. The highest BCUT2D eigenvalue weighted by atomic mass is 16.5. The van der Waals surface area contributed by atoms with E-state index < -0.39 is 0 Å². The summed E-state index contributed by atoms with van der Waals surface area (Å²) in [6.07, 6.45) is 0. The van der Waals surface area contributed by atoms with Crippen molar-refractivity contribution >= 4 is 17.5 Å². The van der Waals surface area contributed by atoms with Crippen LogP contribution in [0.5, 0.6) is 5.75 Å². The normalized spacial score (nSPS) is 9.92. The van der Waals surface area contributed by atoms with Crippen LogP contribution in [0.2, 0.25) is 0 Å². The first-order valence-electron chi connectivity index (χ1n) is 7.68. The van der Waals surface area contributed by atoms with Crippen molar-refractivity contribution in [3.8, 4) is 5.75 Å². The minimum absolute atomic E-state index is 0.133. The SMILES string of the molecule is CCOc1ccc(C(=O)NNC(=O)CN(C)c2ccccc2)cc1. The molecule has 0 aliphatic heterocycles. The zero-order valence-electron chi connectivity index (χ0n) is 13.8. The lowest BCUT2D eigenvalue weighted by Crippen LogP contribution is -2.45. The average Bonchev–Trinajstić information content (AvgIpc) is 2.61. The van der Waals surface area contributed by atoms with E-state index in [0.29, 0.717) is 17.9 Å². The molecule has 0 aromatic heterocycles. The Labute approximate surface area is 141 Å². The third-order valence-corrected chi connectivity index (χ3v) is 3.32. The van der Waals surface area contributed by atoms with E-state index in [0.717, 1.165) is 5.69 Å². The predicted octanol–water partition coefficient (Wildman–Crippen LogP) is 1.98. The van der Waals surface area contributed by atoms with E-state index in [1.165, 1.54) is 0 Å². The van der Waals surface area contributed by atoms with Crippen LogP contribution in [0.15, 0.2) is 54.6 Å². The molecule has 6 heteroatoms. The van der Waals surface area contributed by atoms with Crippen molar-refractivity contribution in [2.45, 2.75) is 6.92 Å². The Hall–Kier alpha value is -3.02. The van der Waals surface area contributed by atoms with Crippen molar-refractivity contribution in [3.63, 3.8) is 0 Å². The number of hydrogen-bond donors (Lipinski definition) is 2. The molecule has 0 fully saturated rings. The van der Waals surface area contributed by atoms with Crippen molar-refractivity contribution in [2.24, 2.45) is 0 Å². The van der Waals surface area contributed by atoms with E-state index >= 15 is 0 Å². The fourth-order valence-electron chi connectivity index (χ4n) is 2.10. The number of carbonyl (C=O) groups excluding carboxylic acids is 2. The summed E-state index contributed by atoms with van der Waals surface area (Å²) in [5.41, 5.74) is 6.17. The summed E-state index contributed by atoms with van der Waals surface area (Å²) in [5, 5.41) is 0. The molecule has 6 nitrogen and oxygen atoms in total. The molecule has 2 amide bonds. The number of anilines is 1. The Morgan fingerprint density at radius 3 is 2.29 bits per heavy atom. The molecule has 0 heterocycles. The van der Waals surface area contributed by atoms with Gasteiger partial charge in [0.1, 0.15) is 5.75 Å². The van der Waals surface area contributed by atoms with Crippen LogP contribution in [0.25, 0.3) is 0 Å². The first-order chi connectivity index (χ1) is 11.6. The lowest BCUT2D eigenvalue weighted by Gasteiger charge is -2.18. The zero-order chi connectivity index (χ0) is 17.4. The highest BCUT2D eigenvalue weighted by molar-refractivity contribution is 5.95. The third-order valence-electron chi connectivity index (χ3n) is 3.32. The summed E-state index contributed by atoms with van der Waals surface area (Å²) in [7, 11) is 1.81. The topological polar surface area (TPSA) is 70.7 Å².